The molecule has 2 rings (SSSR count). The molecular formula is C16H18NO4+. The number of benzene rings is 2. The van der Waals surface area contributed by atoms with Gasteiger partial charge in [-0.2, -0.15) is 0 Å². The van der Waals surface area contributed by atoms with Crippen LogP contribution in [0.25, 0.3) is 11.1 Å². The van der Waals surface area contributed by atoms with Crippen molar-refractivity contribution in [2.45, 2.75) is 20.3 Å². The Labute approximate surface area is 122 Å². The molecule has 0 unspecified atom stereocenters. The van der Waals surface area contributed by atoms with Crippen LogP contribution in [-0.4, -0.2) is 21.4 Å². The van der Waals surface area contributed by atoms with E-state index in [4.69, 9.17) is 15.6 Å². The van der Waals surface area contributed by atoms with E-state index in [1.54, 1.807) is 18.2 Å². The lowest BCUT2D eigenvalue weighted by molar-refractivity contribution is -0.453. The molecule has 0 aromatic heterocycles. The zero-order valence-corrected chi connectivity index (χ0v) is 11.9. The molecule has 0 bridgehead atoms. The highest BCUT2D eigenvalue weighted by Gasteiger charge is 2.23. The highest BCUT2D eigenvalue weighted by molar-refractivity contribution is 5.95. The fraction of sp³-hybridized carbons (Fsp3) is 0.188. The van der Waals surface area contributed by atoms with Crippen molar-refractivity contribution in [3.63, 3.8) is 0 Å². The normalized spacial score (nSPS) is 11.5. The van der Waals surface area contributed by atoms with Crippen molar-refractivity contribution >= 4 is 11.5 Å². The van der Waals surface area contributed by atoms with Gasteiger partial charge in [-0.05, 0) is 48.2 Å². The van der Waals surface area contributed by atoms with Crippen molar-refractivity contribution in [1.29, 1.82) is 0 Å². The van der Waals surface area contributed by atoms with Gasteiger partial charge in [0.1, 0.15) is 4.97 Å². The van der Waals surface area contributed by atoms with Gasteiger partial charge in [0.15, 0.2) is 5.78 Å². The molecule has 0 radical (unpaired) electrons. The van der Waals surface area contributed by atoms with E-state index in [1.165, 1.54) is 19.1 Å². The van der Waals surface area contributed by atoms with E-state index in [0.717, 1.165) is 23.1 Å². The molecule has 0 heterocycles. The molecule has 21 heavy (non-hydrogen) atoms. The minimum Gasteiger partial charge on any atom is -0.295 e. The first kappa shape index (κ1) is 15.3. The summed E-state index contributed by atoms with van der Waals surface area (Å²) in [4.78, 5) is 9.24. The summed E-state index contributed by atoms with van der Waals surface area (Å²) >= 11 is 0. The summed E-state index contributed by atoms with van der Waals surface area (Å²) < 4.78 is 0. The molecule has 2 aromatic carbocycles. The number of aryl methyl sites for hydroxylation is 1. The van der Waals surface area contributed by atoms with Crippen LogP contribution in [0.2, 0.25) is 0 Å². The number of rotatable bonds is 4. The first-order valence-corrected chi connectivity index (χ1v) is 6.65. The largest absolute Gasteiger partial charge is 0.295 e. The monoisotopic (exact) mass is 288 g/mol. The van der Waals surface area contributed by atoms with Crippen LogP contribution in [0.3, 0.4) is 0 Å². The van der Waals surface area contributed by atoms with Gasteiger partial charge in [-0.15, -0.1) is 15.6 Å². The molecule has 0 fully saturated rings. The Morgan fingerprint density at radius 2 is 1.67 bits per heavy atom. The Kier molecular flexibility index (Phi) is 4.20. The van der Waals surface area contributed by atoms with Crippen LogP contribution < -0.4 is 4.97 Å². The number of ketones is 1. The summed E-state index contributed by atoms with van der Waals surface area (Å²) in [5.41, 5.74) is 3.49. The molecule has 5 heteroatoms. The summed E-state index contributed by atoms with van der Waals surface area (Å²) in [5.74, 6) is 0.0227. The molecule has 0 amide bonds. The molecular weight excluding hydrogens is 270 g/mol. The van der Waals surface area contributed by atoms with Crippen LogP contribution in [0.4, 0.5) is 5.69 Å². The van der Waals surface area contributed by atoms with E-state index in [-0.39, 0.29) is 11.5 Å². The maximum absolute atomic E-state index is 11.4. The smallest absolute Gasteiger partial charge is 0.237 e. The quantitative estimate of drug-likeness (QED) is 0.456. The van der Waals surface area contributed by atoms with Crippen molar-refractivity contribution in [1.82, 2.24) is 4.97 Å². The van der Waals surface area contributed by atoms with Gasteiger partial charge in [-0.1, -0.05) is 19.1 Å². The van der Waals surface area contributed by atoms with Gasteiger partial charge in [0.05, 0.1) is 0 Å². The standard InChI is InChI=1S/C16H18NO4/c1-3-12-10-14(11(2)18)6-9-16(12)13-4-7-15(8-5-13)17(19,20)21/h4-10,19-21H,3H2,1-2H3/q+1. The predicted octanol–water partition coefficient (Wildman–Crippen LogP) is 3.59. The second-order valence-electron chi connectivity index (χ2n) is 4.90. The molecule has 0 atom stereocenters. The third kappa shape index (κ3) is 3.34. The zero-order valence-electron chi connectivity index (χ0n) is 11.9. The fourth-order valence-corrected chi connectivity index (χ4v) is 2.23. The molecule has 0 saturated carbocycles. The fourth-order valence-electron chi connectivity index (χ4n) is 2.23. The van der Waals surface area contributed by atoms with E-state index >= 15 is 0 Å². The van der Waals surface area contributed by atoms with Crippen molar-refractivity contribution in [3.05, 3.63) is 53.6 Å². The lowest BCUT2D eigenvalue weighted by Crippen LogP contribution is -2.37. The molecule has 0 aliphatic rings. The van der Waals surface area contributed by atoms with Crippen LogP contribution in [0.5, 0.6) is 0 Å². The summed E-state index contributed by atoms with van der Waals surface area (Å²) in [7, 11) is 0. The SMILES string of the molecule is CCc1cc(C(C)=O)ccc1-c1ccc([N+](O)(O)O)cc1. The van der Waals surface area contributed by atoms with E-state index < -0.39 is 4.97 Å². The third-order valence-electron chi connectivity index (χ3n) is 3.42. The van der Waals surface area contributed by atoms with Crippen molar-refractivity contribution in [2.75, 3.05) is 0 Å². The number of hydrogen-bond acceptors (Lipinski definition) is 4. The van der Waals surface area contributed by atoms with Gasteiger partial charge in [0.2, 0.25) is 5.69 Å². The Bertz CT molecular complexity index is 657. The topological polar surface area (TPSA) is 77.8 Å². The molecule has 110 valence electrons. The van der Waals surface area contributed by atoms with Crippen molar-refractivity contribution < 1.29 is 20.4 Å². The second kappa shape index (κ2) is 5.75. The number of hydrogen-bond donors (Lipinski definition) is 3. The van der Waals surface area contributed by atoms with Gasteiger partial charge in [0.25, 0.3) is 0 Å². The molecule has 0 saturated heterocycles. The van der Waals surface area contributed by atoms with E-state index in [9.17, 15) is 4.79 Å². The molecule has 5 nitrogen and oxygen atoms in total. The van der Waals surface area contributed by atoms with Gasteiger partial charge < -0.3 is 0 Å². The van der Waals surface area contributed by atoms with Gasteiger partial charge >= 0.3 is 0 Å². The van der Waals surface area contributed by atoms with E-state index in [2.05, 4.69) is 0 Å². The average Bonchev–Trinajstić information content (AvgIpc) is 2.45. The number of nitrogens with zero attached hydrogens (tertiary/aromatic N) is 1. The molecule has 0 aliphatic heterocycles. The second-order valence-corrected chi connectivity index (χ2v) is 4.90. The summed E-state index contributed by atoms with van der Waals surface area (Å²) in [6.07, 6.45) is 0.776. The van der Waals surface area contributed by atoms with Crippen LogP contribution in [-0.2, 0) is 6.42 Å². The van der Waals surface area contributed by atoms with Crippen LogP contribution in [0.1, 0.15) is 29.8 Å². The molecule has 2 aromatic rings. The molecule has 0 aliphatic carbocycles. The van der Waals surface area contributed by atoms with Gasteiger partial charge in [0, 0.05) is 17.7 Å². The predicted molar refractivity (Wildman–Crippen MR) is 78.4 cm³/mol. The summed E-state index contributed by atoms with van der Waals surface area (Å²) in [6.45, 7) is 3.54. The van der Waals surface area contributed by atoms with Crippen LogP contribution in [0.15, 0.2) is 42.5 Å². The minimum absolute atomic E-state index is 0.0227. The average molecular weight is 288 g/mol. The number of carbonyl (C=O) groups is 1. The third-order valence-corrected chi connectivity index (χ3v) is 3.42. The number of quaternary nitrogens is 1. The van der Waals surface area contributed by atoms with Crippen molar-refractivity contribution in [2.24, 2.45) is 0 Å². The van der Waals surface area contributed by atoms with E-state index in [1.807, 2.05) is 19.1 Å². The first-order chi connectivity index (χ1) is 9.82. The number of carbonyl (C=O) groups excluding carboxylic acids is 1. The lowest BCUT2D eigenvalue weighted by atomic mass is 9.95. The van der Waals surface area contributed by atoms with E-state index in [0.29, 0.717) is 5.56 Å². The lowest BCUT2D eigenvalue weighted by Gasteiger charge is -2.13. The summed E-state index contributed by atoms with van der Waals surface area (Å²) in [5, 5.41) is 27.2. The maximum Gasteiger partial charge on any atom is 0.237 e. The highest BCUT2D eigenvalue weighted by atomic mass is 17.1. The van der Waals surface area contributed by atoms with Crippen LogP contribution >= 0.6 is 0 Å². The summed E-state index contributed by atoms with van der Waals surface area (Å²) in [6, 6.07) is 11.7. The first-order valence-electron chi connectivity index (χ1n) is 6.65. The Morgan fingerprint density at radius 1 is 1.05 bits per heavy atom. The Hall–Kier alpha value is -2.05. The molecule has 0 spiro atoms. The van der Waals surface area contributed by atoms with Crippen molar-refractivity contribution in [3.8, 4) is 11.1 Å². The minimum atomic E-state index is -2.19. The van der Waals surface area contributed by atoms with Gasteiger partial charge in [-0.3, -0.25) is 4.79 Å². The Morgan fingerprint density at radius 3 is 2.14 bits per heavy atom. The zero-order chi connectivity index (χ0) is 15.6. The van der Waals surface area contributed by atoms with Gasteiger partial charge in [-0.25, -0.2) is 0 Å². The highest BCUT2D eigenvalue weighted by Crippen LogP contribution is 2.28. The Balaban J connectivity index is 2.44. The number of Topliss-reactive ketones (excluding diaryl/α,β-unsaturated/α-hetero) is 1. The maximum atomic E-state index is 11.4. The molecule has 3 N–H and O–H groups in total. The van der Waals surface area contributed by atoms with Crippen LogP contribution in [0, 0.1) is 0 Å².